The minimum absolute atomic E-state index is 0.368. The van der Waals surface area contributed by atoms with Crippen LogP contribution < -0.4 is 5.73 Å². The SMILES string of the molecule is NCC1(Cc2cc(Cl)ccc2Br)CC1. The highest BCUT2D eigenvalue weighted by Gasteiger charge is 2.41. The highest BCUT2D eigenvalue weighted by molar-refractivity contribution is 9.10. The molecule has 2 N–H and O–H groups in total. The van der Waals surface area contributed by atoms with Crippen molar-refractivity contribution in [3.63, 3.8) is 0 Å². The third-order valence-corrected chi connectivity index (χ3v) is 3.97. The molecule has 0 bridgehead atoms. The summed E-state index contributed by atoms with van der Waals surface area (Å²) >= 11 is 9.50. The van der Waals surface area contributed by atoms with E-state index in [9.17, 15) is 0 Å². The van der Waals surface area contributed by atoms with E-state index < -0.39 is 0 Å². The second-order valence-electron chi connectivity index (χ2n) is 4.12. The number of rotatable bonds is 3. The van der Waals surface area contributed by atoms with Gasteiger partial charge in [0.15, 0.2) is 0 Å². The summed E-state index contributed by atoms with van der Waals surface area (Å²) in [7, 11) is 0. The van der Waals surface area contributed by atoms with Gasteiger partial charge in [0.25, 0.3) is 0 Å². The van der Waals surface area contributed by atoms with Crippen LogP contribution in [-0.2, 0) is 6.42 Å². The zero-order chi connectivity index (χ0) is 10.2. The normalized spacial score (nSPS) is 18.2. The smallest absolute Gasteiger partial charge is 0.0409 e. The topological polar surface area (TPSA) is 26.0 Å². The van der Waals surface area contributed by atoms with Crippen LogP contribution in [0.5, 0.6) is 0 Å². The van der Waals surface area contributed by atoms with Gasteiger partial charge in [-0.1, -0.05) is 27.5 Å². The van der Waals surface area contributed by atoms with Crippen molar-refractivity contribution in [1.29, 1.82) is 0 Å². The third-order valence-electron chi connectivity index (χ3n) is 2.96. The minimum atomic E-state index is 0.368. The molecule has 0 atom stereocenters. The molecular weight excluding hydrogens is 261 g/mol. The van der Waals surface area contributed by atoms with Crippen LogP contribution in [0, 0.1) is 5.41 Å². The highest BCUT2D eigenvalue weighted by atomic mass is 79.9. The Bertz CT molecular complexity index is 347. The van der Waals surface area contributed by atoms with E-state index in [0.717, 1.165) is 22.5 Å². The van der Waals surface area contributed by atoms with Gasteiger partial charge in [-0.15, -0.1) is 0 Å². The summed E-state index contributed by atoms with van der Waals surface area (Å²) in [5, 5.41) is 0.802. The number of hydrogen-bond acceptors (Lipinski definition) is 1. The van der Waals surface area contributed by atoms with Crippen molar-refractivity contribution < 1.29 is 0 Å². The Morgan fingerprint density at radius 1 is 1.43 bits per heavy atom. The first-order valence-corrected chi connectivity index (χ1v) is 5.96. The Kier molecular flexibility index (Phi) is 2.87. The molecule has 0 saturated heterocycles. The molecule has 76 valence electrons. The van der Waals surface area contributed by atoms with E-state index in [1.807, 2.05) is 18.2 Å². The summed E-state index contributed by atoms with van der Waals surface area (Å²) in [6, 6.07) is 5.93. The first-order valence-electron chi connectivity index (χ1n) is 4.79. The van der Waals surface area contributed by atoms with Gasteiger partial charge in [-0.3, -0.25) is 0 Å². The van der Waals surface area contributed by atoms with E-state index in [-0.39, 0.29) is 0 Å². The molecule has 1 nitrogen and oxygen atoms in total. The van der Waals surface area contributed by atoms with Crippen LogP contribution >= 0.6 is 27.5 Å². The van der Waals surface area contributed by atoms with Crippen molar-refractivity contribution in [3.05, 3.63) is 33.3 Å². The summed E-state index contributed by atoms with van der Waals surface area (Å²) in [5.74, 6) is 0. The van der Waals surface area contributed by atoms with Crippen molar-refractivity contribution >= 4 is 27.5 Å². The molecule has 0 aromatic heterocycles. The molecule has 2 rings (SSSR count). The summed E-state index contributed by atoms with van der Waals surface area (Å²) in [6.45, 7) is 0.784. The van der Waals surface area contributed by atoms with Gasteiger partial charge in [-0.05, 0) is 55.0 Å². The summed E-state index contributed by atoms with van der Waals surface area (Å²) in [5.41, 5.74) is 7.40. The van der Waals surface area contributed by atoms with Gasteiger partial charge in [0, 0.05) is 9.50 Å². The van der Waals surface area contributed by atoms with Crippen molar-refractivity contribution in [2.24, 2.45) is 11.1 Å². The van der Waals surface area contributed by atoms with Gasteiger partial charge in [0.05, 0.1) is 0 Å². The monoisotopic (exact) mass is 273 g/mol. The van der Waals surface area contributed by atoms with Gasteiger partial charge in [0.2, 0.25) is 0 Å². The molecule has 1 aliphatic rings. The predicted molar refractivity (Wildman–Crippen MR) is 63.6 cm³/mol. The quantitative estimate of drug-likeness (QED) is 0.898. The lowest BCUT2D eigenvalue weighted by Crippen LogP contribution is -2.18. The van der Waals surface area contributed by atoms with Crippen molar-refractivity contribution in [2.75, 3.05) is 6.54 Å². The second-order valence-corrected chi connectivity index (χ2v) is 5.41. The number of hydrogen-bond donors (Lipinski definition) is 1. The molecule has 1 aromatic rings. The van der Waals surface area contributed by atoms with Crippen LogP contribution in [0.3, 0.4) is 0 Å². The zero-order valence-electron chi connectivity index (χ0n) is 7.89. The molecule has 1 aliphatic carbocycles. The first-order chi connectivity index (χ1) is 6.65. The van der Waals surface area contributed by atoms with Crippen LogP contribution in [0.25, 0.3) is 0 Å². The molecule has 0 amide bonds. The Morgan fingerprint density at radius 2 is 2.14 bits per heavy atom. The lowest BCUT2D eigenvalue weighted by molar-refractivity contribution is 0.520. The Labute approximate surface area is 97.8 Å². The van der Waals surface area contributed by atoms with Gasteiger partial charge in [0.1, 0.15) is 0 Å². The Morgan fingerprint density at radius 3 is 2.71 bits per heavy atom. The summed E-state index contributed by atoms with van der Waals surface area (Å²) in [6.07, 6.45) is 3.55. The van der Waals surface area contributed by atoms with E-state index in [4.69, 9.17) is 17.3 Å². The number of halogens is 2. The van der Waals surface area contributed by atoms with E-state index in [1.165, 1.54) is 18.4 Å². The molecule has 1 saturated carbocycles. The van der Waals surface area contributed by atoms with Gasteiger partial charge >= 0.3 is 0 Å². The summed E-state index contributed by atoms with van der Waals surface area (Å²) < 4.78 is 1.14. The second kappa shape index (κ2) is 3.84. The highest BCUT2D eigenvalue weighted by Crippen LogP contribution is 2.48. The molecule has 1 aromatic carbocycles. The van der Waals surface area contributed by atoms with Crippen LogP contribution in [0.1, 0.15) is 18.4 Å². The molecule has 14 heavy (non-hydrogen) atoms. The molecule has 0 unspecified atom stereocenters. The maximum atomic E-state index is 5.96. The standard InChI is InChI=1S/C11H13BrClN/c12-10-2-1-9(13)5-8(10)6-11(7-14)3-4-11/h1-2,5H,3-4,6-7,14H2. The average Bonchev–Trinajstić information content (AvgIpc) is 2.92. The lowest BCUT2D eigenvalue weighted by Gasteiger charge is -2.13. The third kappa shape index (κ3) is 2.13. The average molecular weight is 275 g/mol. The van der Waals surface area contributed by atoms with Crippen LogP contribution in [-0.4, -0.2) is 6.54 Å². The van der Waals surface area contributed by atoms with E-state index in [0.29, 0.717) is 5.41 Å². The molecule has 0 aliphatic heterocycles. The molecule has 0 spiro atoms. The Hall–Kier alpha value is -0.0500. The minimum Gasteiger partial charge on any atom is -0.330 e. The van der Waals surface area contributed by atoms with Gasteiger partial charge in [-0.25, -0.2) is 0 Å². The van der Waals surface area contributed by atoms with Crippen molar-refractivity contribution in [1.82, 2.24) is 0 Å². The van der Waals surface area contributed by atoms with E-state index in [1.54, 1.807) is 0 Å². The van der Waals surface area contributed by atoms with Crippen LogP contribution in [0.15, 0.2) is 22.7 Å². The van der Waals surface area contributed by atoms with E-state index >= 15 is 0 Å². The van der Waals surface area contributed by atoms with Crippen molar-refractivity contribution in [3.8, 4) is 0 Å². The number of benzene rings is 1. The molecule has 0 radical (unpaired) electrons. The lowest BCUT2D eigenvalue weighted by atomic mass is 9.97. The zero-order valence-corrected chi connectivity index (χ0v) is 10.2. The predicted octanol–water partition coefficient (Wildman–Crippen LogP) is 3.38. The van der Waals surface area contributed by atoms with Crippen LogP contribution in [0.4, 0.5) is 0 Å². The van der Waals surface area contributed by atoms with E-state index in [2.05, 4.69) is 15.9 Å². The molecule has 1 fully saturated rings. The maximum Gasteiger partial charge on any atom is 0.0409 e. The molecule has 0 heterocycles. The maximum absolute atomic E-state index is 5.96. The first kappa shape index (κ1) is 10.5. The van der Waals surface area contributed by atoms with Crippen LogP contribution in [0.2, 0.25) is 5.02 Å². The Balaban J connectivity index is 2.20. The summed E-state index contributed by atoms with van der Waals surface area (Å²) in [4.78, 5) is 0. The fourth-order valence-corrected chi connectivity index (χ4v) is 2.29. The molecular formula is C11H13BrClN. The fourth-order valence-electron chi connectivity index (χ4n) is 1.71. The van der Waals surface area contributed by atoms with Gasteiger partial charge < -0.3 is 5.73 Å². The largest absolute Gasteiger partial charge is 0.330 e. The van der Waals surface area contributed by atoms with Crippen molar-refractivity contribution in [2.45, 2.75) is 19.3 Å². The van der Waals surface area contributed by atoms with Gasteiger partial charge in [-0.2, -0.15) is 0 Å². The fraction of sp³-hybridized carbons (Fsp3) is 0.455. The molecule has 3 heteroatoms. The number of nitrogens with two attached hydrogens (primary N) is 1.